The van der Waals surface area contributed by atoms with Crippen LogP contribution in [0.4, 0.5) is 0 Å². The second-order valence-electron chi connectivity index (χ2n) is 4.46. The Morgan fingerprint density at radius 2 is 2.00 bits per heavy atom. The van der Waals surface area contributed by atoms with E-state index in [1.165, 1.54) is 63.5 Å². The summed E-state index contributed by atoms with van der Waals surface area (Å²) in [5.41, 5.74) is 0. The van der Waals surface area contributed by atoms with Gasteiger partial charge < -0.3 is 10.2 Å². The summed E-state index contributed by atoms with van der Waals surface area (Å²) in [5, 5.41) is 3.59. The van der Waals surface area contributed by atoms with Gasteiger partial charge in [-0.2, -0.15) is 11.8 Å². The molecule has 0 aromatic carbocycles. The first kappa shape index (κ1) is 10.8. The standard InChI is InChI=1S/C11H22N2S/c1-2-11(3-1)10-12-4-5-13-6-8-14-9-7-13/h11-12H,1-10H2. The molecular formula is C11H22N2S. The molecule has 2 aliphatic rings. The molecule has 0 aromatic heterocycles. The Kier molecular flexibility index (Phi) is 4.61. The lowest BCUT2D eigenvalue weighted by Crippen LogP contribution is -2.39. The summed E-state index contributed by atoms with van der Waals surface area (Å²) in [6.07, 6.45) is 4.40. The zero-order valence-corrected chi connectivity index (χ0v) is 9.82. The summed E-state index contributed by atoms with van der Waals surface area (Å²) in [6.45, 7) is 6.32. The predicted molar refractivity (Wildman–Crippen MR) is 64.0 cm³/mol. The zero-order valence-electron chi connectivity index (χ0n) is 9.00. The number of hydrogen-bond acceptors (Lipinski definition) is 3. The quantitative estimate of drug-likeness (QED) is 0.697. The number of nitrogens with one attached hydrogen (secondary N) is 1. The lowest BCUT2D eigenvalue weighted by atomic mass is 9.85. The predicted octanol–water partition coefficient (Wildman–Crippen LogP) is 1.42. The summed E-state index contributed by atoms with van der Waals surface area (Å²) in [7, 11) is 0. The van der Waals surface area contributed by atoms with E-state index < -0.39 is 0 Å². The van der Waals surface area contributed by atoms with Crippen LogP contribution >= 0.6 is 11.8 Å². The molecule has 0 bridgehead atoms. The highest BCUT2D eigenvalue weighted by Gasteiger charge is 2.16. The maximum atomic E-state index is 3.59. The normalized spacial score (nSPS) is 24.9. The van der Waals surface area contributed by atoms with Gasteiger partial charge in [0.25, 0.3) is 0 Å². The molecule has 1 saturated carbocycles. The van der Waals surface area contributed by atoms with Crippen LogP contribution in [0.15, 0.2) is 0 Å². The lowest BCUT2D eigenvalue weighted by Gasteiger charge is -2.28. The summed E-state index contributed by atoms with van der Waals surface area (Å²) >= 11 is 2.09. The highest BCUT2D eigenvalue weighted by atomic mass is 32.2. The molecule has 0 aromatic rings. The molecule has 2 fully saturated rings. The van der Waals surface area contributed by atoms with Crippen LogP contribution in [0, 0.1) is 5.92 Å². The molecule has 2 nitrogen and oxygen atoms in total. The summed E-state index contributed by atoms with van der Waals surface area (Å²) in [6, 6.07) is 0. The fourth-order valence-corrected chi connectivity index (χ4v) is 3.04. The Morgan fingerprint density at radius 3 is 2.64 bits per heavy atom. The van der Waals surface area contributed by atoms with Crippen molar-refractivity contribution in [1.29, 1.82) is 0 Å². The van der Waals surface area contributed by atoms with E-state index in [1.807, 2.05) is 0 Å². The van der Waals surface area contributed by atoms with Crippen molar-refractivity contribution in [3.63, 3.8) is 0 Å². The van der Waals surface area contributed by atoms with Gasteiger partial charge in [-0.05, 0) is 25.3 Å². The van der Waals surface area contributed by atoms with Gasteiger partial charge in [0.2, 0.25) is 0 Å². The number of rotatable bonds is 5. The van der Waals surface area contributed by atoms with E-state index in [1.54, 1.807) is 0 Å². The van der Waals surface area contributed by atoms with E-state index in [4.69, 9.17) is 0 Å². The Morgan fingerprint density at radius 1 is 1.21 bits per heavy atom. The molecule has 82 valence electrons. The monoisotopic (exact) mass is 214 g/mol. The fraction of sp³-hybridized carbons (Fsp3) is 1.00. The Bertz CT molecular complexity index is 153. The molecule has 1 heterocycles. The number of hydrogen-bond donors (Lipinski definition) is 1. The average molecular weight is 214 g/mol. The second-order valence-corrected chi connectivity index (χ2v) is 5.68. The van der Waals surface area contributed by atoms with Crippen LogP contribution in [0.2, 0.25) is 0 Å². The maximum absolute atomic E-state index is 3.59. The van der Waals surface area contributed by atoms with Gasteiger partial charge in [-0.3, -0.25) is 0 Å². The molecule has 2 rings (SSSR count). The third kappa shape index (κ3) is 3.44. The van der Waals surface area contributed by atoms with Crippen molar-refractivity contribution in [3.05, 3.63) is 0 Å². The first-order chi connectivity index (χ1) is 6.95. The van der Waals surface area contributed by atoms with E-state index in [2.05, 4.69) is 22.0 Å². The van der Waals surface area contributed by atoms with Crippen LogP contribution in [0.1, 0.15) is 19.3 Å². The largest absolute Gasteiger partial charge is 0.315 e. The van der Waals surface area contributed by atoms with Crippen molar-refractivity contribution in [2.45, 2.75) is 19.3 Å². The molecule has 0 radical (unpaired) electrons. The molecule has 1 aliphatic carbocycles. The minimum Gasteiger partial charge on any atom is -0.315 e. The van der Waals surface area contributed by atoms with Gasteiger partial charge in [-0.15, -0.1) is 0 Å². The van der Waals surface area contributed by atoms with Crippen LogP contribution in [-0.4, -0.2) is 49.1 Å². The summed E-state index contributed by atoms with van der Waals surface area (Å²) < 4.78 is 0. The first-order valence-corrected chi connectivity index (χ1v) is 7.11. The SMILES string of the molecule is C1CC(CNCCN2CCSCC2)C1. The Hall–Kier alpha value is 0.270. The molecule has 1 aliphatic heterocycles. The van der Waals surface area contributed by atoms with Crippen molar-refractivity contribution >= 4 is 11.8 Å². The summed E-state index contributed by atoms with van der Waals surface area (Å²) in [4.78, 5) is 2.59. The van der Waals surface area contributed by atoms with Gasteiger partial charge in [0.15, 0.2) is 0 Å². The van der Waals surface area contributed by atoms with Crippen molar-refractivity contribution < 1.29 is 0 Å². The topological polar surface area (TPSA) is 15.3 Å². The molecular weight excluding hydrogens is 192 g/mol. The second kappa shape index (κ2) is 5.99. The van der Waals surface area contributed by atoms with E-state index in [0.717, 1.165) is 5.92 Å². The van der Waals surface area contributed by atoms with Crippen LogP contribution in [0.5, 0.6) is 0 Å². The van der Waals surface area contributed by atoms with Crippen LogP contribution in [-0.2, 0) is 0 Å². The van der Waals surface area contributed by atoms with E-state index >= 15 is 0 Å². The molecule has 14 heavy (non-hydrogen) atoms. The molecule has 0 atom stereocenters. The van der Waals surface area contributed by atoms with Gasteiger partial charge in [0.1, 0.15) is 0 Å². The van der Waals surface area contributed by atoms with Crippen molar-refractivity contribution in [2.75, 3.05) is 44.2 Å². The highest BCUT2D eigenvalue weighted by Crippen LogP contribution is 2.24. The van der Waals surface area contributed by atoms with E-state index in [-0.39, 0.29) is 0 Å². The first-order valence-electron chi connectivity index (χ1n) is 5.96. The van der Waals surface area contributed by atoms with E-state index in [9.17, 15) is 0 Å². The smallest absolute Gasteiger partial charge is 0.0107 e. The maximum Gasteiger partial charge on any atom is 0.0107 e. The van der Waals surface area contributed by atoms with Gasteiger partial charge in [0, 0.05) is 37.7 Å². The van der Waals surface area contributed by atoms with Gasteiger partial charge in [0.05, 0.1) is 0 Å². The Labute approximate surface area is 91.8 Å². The van der Waals surface area contributed by atoms with Gasteiger partial charge in [-0.25, -0.2) is 0 Å². The molecule has 3 heteroatoms. The zero-order chi connectivity index (χ0) is 9.64. The third-order valence-corrected chi connectivity index (χ3v) is 4.31. The van der Waals surface area contributed by atoms with E-state index in [0.29, 0.717) is 0 Å². The van der Waals surface area contributed by atoms with Crippen molar-refractivity contribution in [2.24, 2.45) is 5.92 Å². The Balaban J connectivity index is 1.45. The highest BCUT2D eigenvalue weighted by molar-refractivity contribution is 7.99. The summed E-state index contributed by atoms with van der Waals surface area (Å²) in [5.74, 6) is 3.68. The molecule has 0 spiro atoms. The number of thioether (sulfide) groups is 1. The van der Waals surface area contributed by atoms with Gasteiger partial charge >= 0.3 is 0 Å². The minimum atomic E-state index is 1.01. The minimum absolute atomic E-state index is 1.01. The van der Waals surface area contributed by atoms with Crippen molar-refractivity contribution in [1.82, 2.24) is 10.2 Å². The third-order valence-electron chi connectivity index (χ3n) is 3.37. The van der Waals surface area contributed by atoms with Gasteiger partial charge in [-0.1, -0.05) is 6.42 Å². The molecule has 1 N–H and O–H groups in total. The van der Waals surface area contributed by atoms with Crippen LogP contribution in [0.25, 0.3) is 0 Å². The van der Waals surface area contributed by atoms with Crippen LogP contribution < -0.4 is 5.32 Å². The average Bonchev–Trinajstić information content (AvgIpc) is 2.16. The number of nitrogens with zero attached hydrogens (tertiary/aromatic N) is 1. The molecule has 0 amide bonds. The van der Waals surface area contributed by atoms with Crippen molar-refractivity contribution in [3.8, 4) is 0 Å². The fourth-order valence-electron chi connectivity index (χ4n) is 2.07. The molecule has 1 saturated heterocycles. The van der Waals surface area contributed by atoms with Crippen LogP contribution in [0.3, 0.4) is 0 Å². The molecule has 0 unspecified atom stereocenters. The lowest BCUT2D eigenvalue weighted by molar-refractivity contribution is 0.274.